The molecule has 0 aliphatic carbocycles. The smallest absolute Gasteiger partial charge is 0.280 e. The highest BCUT2D eigenvalue weighted by atomic mass is 32.3. The minimum absolute atomic E-state index is 0.0910. The molecule has 1 saturated heterocycles. The Morgan fingerprint density at radius 3 is 2.39 bits per heavy atom. The summed E-state index contributed by atoms with van der Waals surface area (Å²) in [4.78, 5) is 2.21. The number of fused-ring (bicyclic) bond motifs is 2. The summed E-state index contributed by atoms with van der Waals surface area (Å²) in [5.74, 6) is 0. The molecule has 1 N–H and O–H groups in total. The lowest BCUT2D eigenvalue weighted by Gasteiger charge is -2.26. The van der Waals surface area contributed by atoms with Gasteiger partial charge in [0.15, 0.2) is 0 Å². The van der Waals surface area contributed by atoms with Gasteiger partial charge in [0.25, 0.3) is 0 Å². The summed E-state index contributed by atoms with van der Waals surface area (Å²) in [6.45, 7) is 3.41. The Hall–Kier alpha value is -0.470. The first-order valence-electron chi connectivity index (χ1n) is 8.85. The molecule has 0 amide bonds. The van der Waals surface area contributed by atoms with Gasteiger partial charge in [0.05, 0.1) is 12.7 Å². The van der Waals surface area contributed by atoms with Gasteiger partial charge in [-0.2, -0.15) is 12.7 Å². The zero-order chi connectivity index (χ0) is 16.7. The Balaban J connectivity index is 1.62. The van der Waals surface area contributed by atoms with E-state index >= 15 is 0 Å². The number of rotatable bonds is 11. The fraction of sp³-hybridized carbons (Fsp3) is 0.875. The summed E-state index contributed by atoms with van der Waals surface area (Å²) in [6.07, 6.45) is 15.7. The van der Waals surface area contributed by atoms with Crippen molar-refractivity contribution in [2.45, 2.75) is 76.8 Å². The normalized spacial score (nSPS) is 27.7. The third kappa shape index (κ3) is 6.51. The molecule has 0 saturated carbocycles. The van der Waals surface area contributed by atoms with Crippen molar-refractivity contribution in [3.05, 3.63) is 12.2 Å². The fourth-order valence-electron chi connectivity index (χ4n) is 3.41. The fourth-order valence-corrected chi connectivity index (χ4v) is 3.81. The molecule has 0 aromatic rings. The van der Waals surface area contributed by atoms with Gasteiger partial charge in [-0.25, -0.2) is 0 Å². The van der Waals surface area contributed by atoms with Crippen LogP contribution in [0.5, 0.6) is 0 Å². The lowest BCUT2D eigenvalue weighted by molar-refractivity contribution is -0.0687. The van der Waals surface area contributed by atoms with E-state index in [4.69, 9.17) is 4.55 Å². The monoisotopic (exact) mass is 346 g/mol. The van der Waals surface area contributed by atoms with Crippen molar-refractivity contribution in [3.8, 4) is 0 Å². The van der Waals surface area contributed by atoms with E-state index in [9.17, 15) is 8.42 Å². The van der Waals surface area contributed by atoms with E-state index in [1.165, 1.54) is 56.4 Å². The molecule has 2 rings (SSSR count). The molecule has 2 aliphatic rings. The minimum atomic E-state index is -4.43. The zero-order valence-electron chi connectivity index (χ0n) is 14.1. The van der Waals surface area contributed by atoms with Crippen LogP contribution in [0.3, 0.4) is 0 Å². The average molecular weight is 346 g/mol. The Labute approximate surface area is 140 Å². The molecule has 2 heterocycles. The number of unbranched alkanes of at least 4 members (excludes halogenated alkanes) is 7. The lowest BCUT2D eigenvalue weighted by atomic mass is 10.0. The summed E-state index contributed by atoms with van der Waals surface area (Å²) < 4.78 is 35.1. The summed E-state index contributed by atoms with van der Waals surface area (Å²) in [7, 11) is -4.43. The van der Waals surface area contributed by atoms with Crippen molar-refractivity contribution in [3.63, 3.8) is 0 Å². The first-order valence-corrected chi connectivity index (χ1v) is 10.2. The van der Waals surface area contributed by atoms with E-state index in [1.807, 2.05) is 6.08 Å². The Kier molecular flexibility index (Phi) is 7.49. The molecule has 23 heavy (non-hydrogen) atoms. The minimum Gasteiger partial charge on any atom is -0.280 e. The summed E-state index contributed by atoms with van der Waals surface area (Å²) in [5, 5.41) is 1.33. The van der Waals surface area contributed by atoms with Crippen LogP contribution in [0.4, 0.5) is 0 Å². The van der Waals surface area contributed by atoms with Crippen LogP contribution in [0.15, 0.2) is 12.2 Å². The lowest BCUT2D eigenvalue weighted by Crippen LogP contribution is -2.35. The van der Waals surface area contributed by atoms with E-state index in [0.29, 0.717) is 12.7 Å². The molecule has 7 heteroatoms. The van der Waals surface area contributed by atoms with Gasteiger partial charge in [-0.1, -0.05) is 70.4 Å². The summed E-state index contributed by atoms with van der Waals surface area (Å²) in [6, 6.07) is 0.257. The topological polar surface area (TPSA) is 70.1 Å². The summed E-state index contributed by atoms with van der Waals surface area (Å²) >= 11 is 0. The Morgan fingerprint density at radius 2 is 1.74 bits per heavy atom. The second kappa shape index (κ2) is 9.13. The van der Waals surface area contributed by atoms with Gasteiger partial charge >= 0.3 is 10.4 Å². The third-order valence-corrected chi connectivity index (χ3v) is 5.06. The Bertz CT molecular complexity index is 480. The highest BCUT2D eigenvalue weighted by molar-refractivity contribution is 7.80. The molecule has 6 nitrogen and oxygen atoms in total. The van der Waals surface area contributed by atoms with Gasteiger partial charge in [0.1, 0.15) is 0 Å². The molecule has 134 valence electrons. The highest BCUT2D eigenvalue weighted by Crippen LogP contribution is 2.26. The SMILES string of the molecule is CCCCCCCCCCC1C=CC2CN1CN2OS(=O)(=O)O. The van der Waals surface area contributed by atoms with Crippen molar-refractivity contribution >= 4 is 10.4 Å². The predicted molar refractivity (Wildman–Crippen MR) is 90.0 cm³/mol. The summed E-state index contributed by atoms with van der Waals surface area (Å²) in [5.41, 5.74) is 0. The van der Waals surface area contributed by atoms with Crippen LogP contribution in [0, 0.1) is 0 Å². The first-order chi connectivity index (χ1) is 11.0. The predicted octanol–water partition coefficient (Wildman–Crippen LogP) is 3.13. The molecule has 0 aromatic carbocycles. The van der Waals surface area contributed by atoms with E-state index in [0.717, 1.165) is 13.0 Å². The molecule has 3 unspecified atom stereocenters. The molecular formula is C16H30N2O4S. The second-order valence-electron chi connectivity index (χ2n) is 6.62. The number of nitrogens with zero attached hydrogens (tertiary/aromatic N) is 2. The van der Waals surface area contributed by atoms with Gasteiger partial charge < -0.3 is 0 Å². The highest BCUT2D eigenvalue weighted by Gasteiger charge is 2.38. The molecular weight excluding hydrogens is 316 g/mol. The quantitative estimate of drug-likeness (QED) is 0.352. The van der Waals surface area contributed by atoms with Crippen molar-refractivity contribution < 1.29 is 17.3 Å². The maximum absolute atomic E-state index is 10.8. The number of hydrogen-bond acceptors (Lipinski definition) is 5. The maximum atomic E-state index is 10.8. The molecule has 2 bridgehead atoms. The van der Waals surface area contributed by atoms with Crippen LogP contribution in [0.2, 0.25) is 0 Å². The molecule has 1 fully saturated rings. The number of hydroxylamine groups is 2. The number of hydrogen-bond donors (Lipinski definition) is 1. The molecule has 0 aromatic heterocycles. The van der Waals surface area contributed by atoms with Gasteiger partial charge in [-0.15, -0.1) is 5.06 Å². The van der Waals surface area contributed by atoms with Crippen LogP contribution < -0.4 is 0 Å². The van der Waals surface area contributed by atoms with Crippen LogP contribution in [-0.4, -0.2) is 48.2 Å². The van der Waals surface area contributed by atoms with Gasteiger partial charge in [-0.05, 0) is 6.42 Å². The van der Waals surface area contributed by atoms with Crippen molar-refractivity contribution in [2.75, 3.05) is 13.2 Å². The van der Waals surface area contributed by atoms with Crippen LogP contribution in [0.1, 0.15) is 64.7 Å². The van der Waals surface area contributed by atoms with E-state index < -0.39 is 10.4 Å². The Morgan fingerprint density at radius 1 is 1.09 bits per heavy atom. The van der Waals surface area contributed by atoms with Gasteiger partial charge in [0, 0.05) is 12.6 Å². The molecule has 3 atom stereocenters. The van der Waals surface area contributed by atoms with Crippen LogP contribution >= 0.6 is 0 Å². The van der Waals surface area contributed by atoms with E-state index in [2.05, 4.69) is 22.2 Å². The van der Waals surface area contributed by atoms with Crippen molar-refractivity contribution in [1.29, 1.82) is 0 Å². The van der Waals surface area contributed by atoms with Crippen molar-refractivity contribution in [1.82, 2.24) is 9.96 Å². The second-order valence-corrected chi connectivity index (χ2v) is 7.62. The van der Waals surface area contributed by atoms with Crippen molar-refractivity contribution in [2.24, 2.45) is 0 Å². The standard InChI is InChI=1S/C16H30N2O4S/c1-2-3-4-5-6-7-8-9-10-15-11-12-16-13-17(15)14-18(16)22-23(19,20)21/h11-12,15-16H,2-10,13-14H2,1H3,(H,19,20,21). The zero-order valence-corrected chi connectivity index (χ0v) is 14.9. The van der Waals surface area contributed by atoms with Crippen LogP contribution in [-0.2, 0) is 14.7 Å². The first kappa shape index (κ1) is 18.9. The average Bonchev–Trinajstić information content (AvgIpc) is 2.79. The van der Waals surface area contributed by atoms with Crippen LogP contribution in [0.25, 0.3) is 0 Å². The maximum Gasteiger partial charge on any atom is 0.413 e. The van der Waals surface area contributed by atoms with Gasteiger partial charge in [-0.3, -0.25) is 9.45 Å². The third-order valence-electron chi connectivity index (χ3n) is 4.68. The molecule has 0 spiro atoms. The molecule has 0 radical (unpaired) electrons. The van der Waals surface area contributed by atoms with Gasteiger partial charge in [0.2, 0.25) is 0 Å². The molecule has 2 aliphatic heterocycles. The largest absolute Gasteiger partial charge is 0.413 e. The van der Waals surface area contributed by atoms with E-state index in [1.54, 1.807) is 0 Å². The van der Waals surface area contributed by atoms with E-state index in [-0.39, 0.29) is 6.04 Å².